The maximum absolute atomic E-state index is 13.4. The standard InChI is InChI=1S/C24H23N5O2S/c1-17(23(30)28-13-5-9-18-7-2-3-11-21(18)28)32-24-27-26-22(19-8-4-12-25-15-19)29(24)16-20-10-6-14-31-20/h2-4,6-8,10-12,14-15,17H,5,9,13,16H2,1H3/t17-/m0/s1. The number of pyridine rings is 1. The van der Waals surface area contributed by atoms with Crippen molar-refractivity contribution in [2.75, 3.05) is 11.4 Å². The quantitative estimate of drug-likeness (QED) is 0.408. The van der Waals surface area contributed by atoms with Crippen LogP contribution in [0.5, 0.6) is 0 Å². The lowest BCUT2D eigenvalue weighted by atomic mass is 10.0. The molecule has 4 heterocycles. The average molecular weight is 446 g/mol. The number of aryl methyl sites for hydroxylation is 1. The molecule has 0 spiro atoms. The average Bonchev–Trinajstić information content (AvgIpc) is 3.49. The fraction of sp³-hybridized carbons (Fsp3) is 0.250. The van der Waals surface area contributed by atoms with Gasteiger partial charge in [0.15, 0.2) is 11.0 Å². The highest BCUT2D eigenvalue weighted by Crippen LogP contribution is 2.32. The van der Waals surface area contributed by atoms with Crippen molar-refractivity contribution in [3.05, 3.63) is 78.5 Å². The molecule has 1 aliphatic heterocycles. The zero-order chi connectivity index (χ0) is 21.9. The second kappa shape index (κ2) is 9.00. The van der Waals surface area contributed by atoms with Gasteiger partial charge in [0, 0.05) is 30.2 Å². The van der Waals surface area contributed by atoms with Crippen LogP contribution in [0.4, 0.5) is 5.69 Å². The molecule has 0 aliphatic carbocycles. The second-order valence-corrected chi connectivity index (χ2v) is 9.00. The van der Waals surface area contributed by atoms with E-state index in [1.165, 1.54) is 17.3 Å². The van der Waals surface area contributed by atoms with Crippen molar-refractivity contribution in [1.29, 1.82) is 0 Å². The van der Waals surface area contributed by atoms with Crippen LogP contribution < -0.4 is 4.90 Å². The molecule has 0 N–H and O–H groups in total. The Bertz CT molecular complexity index is 1210. The molecule has 1 aliphatic rings. The van der Waals surface area contributed by atoms with Gasteiger partial charge in [-0.05, 0) is 55.7 Å². The monoisotopic (exact) mass is 445 g/mol. The number of carbonyl (C=O) groups excluding carboxylic acids is 1. The minimum Gasteiger partial charge on any atom is -0.467 e. The first kappa shape index (κ1) is 20.5. The lowest BCUT2D eigenvalue weighted by molar-refractivity contribution is -0.117. The number of anilines is 1. The van der Waals surface area contributed by atoms with E-state index in [0.29, 0.717) is 17.5 Å². The number of para-hydroxylation sites is 1. The summed E-state index contributed by atoms with van der Waals surface area (Å²) in [5, 5.41) is 9.19. The number of hydrogen-bond acceptors (Lipinski definition) is 6. The molecular weight excluding hydrogens is 422 g/mol. The number of aromatic nitrogens is 4. The Balaban J connectivity index is 1.42. The number of furan rings is 1. The molecule has 5 rings (SSSR count). The number of nitrogens with zero attached hydrogens (tertiary/aromatic N) is 5. The molecule has 1 amide bonds. The van der Waals surface area contributed by atoms with Gasteiger partial charge in [-0.15, -0.1) is 10.2 Å². The first-order chi connectivity index (χ1) is 15.7. The molecule has 0 saturated heterocycles. The minimum absolute atomic E-state index is 0.0811. The van der Waals surface area contributed by atoms with Gasteiger partial charge in [0.25, 0.3) is 0 Å². The number of benzene rings is 1. The molecule has 32 heavy (non-hydrogen) atoms. The fourth-order valence-electron chi connectivity index (χ4n) is 3.98. The summed E-state index contributed by atoms with van der Waals surface area (Å²) in [6.45, 7) is 3.14. The summed E-state index contributed by atoms with van der Waals surface area (Å²) in [6, 6.07) is 15.7. The topological polar surface area (TPSA) is 77.0 Å². The van der Waals surface area contributed by atoms with Gasteiger partial charge < -0.3 is 9.32 Å². The van der Waals surface area contributed by atoms with Crippen LogP contribution in [-0.2, 0) is 17.8 Å². The molecule has 4 aromatic rings. The zero-order valence-electron chi connectivity index (χ0n) is 17.7. The molecule has 162 valence electrons. The Morgan fingerprint density at radius 3 is 2.88 bits per heavy atom. The van der Waals surface area contributed by atoms with Crippen LogP contribution in [0.1, 0.15) is 24.7 Å². The van der Waals surface area contributed by atoms with Gasteiger partial charge in [-0.3, -0.25) is 14.3 Å². The summed E-state index contributed by atoms with van der Waals surface area (Å²) in [5.41, 5.74) is 3.11. The van der Waals surface area contributed by atoms with Crippen molar-refractivity contribution in [1.82, 2.24) is 19.7 Å². The first-order valence-corrected chi connectivity index (χ1v) is 11.5. The molecule has 7 nitrogen and oxygen atoms in total. The summed E-state index contributed by atoms with van der Waals surface area (Å²) in [5.74, 6) is 1.57. The van der Waals surface area contributed by atoms with Crippen molar-refractivity contribution >= 4 is 23.4 Å². The van der Waals surface area contributed by atoms with Crippen LogP contribution in [0.15, 0.2) is 76.8 Å². The van der Waals surface area contributed by atoms with E-state index in [0.717, 1.165) is 36.4 Å². The highest BCUT2D eigenvalue weighted by molar-refractivity contribution is 8.00. The largest absolute Gasteiger partial charge is 0.467 e. The number of fused-ring (bicyclic) bond motifs is 1. The number of carbonyl (C=O) groups is 1. The van der Waals surface area contributed by atoms with E-state index in [1.807, 2.05) is 58.9 Å². The van der Waals surface area contributed by atoms with Crippen molar-refractivity contribution in [2.24, 2.45) is 0 Å². The van der Waals surface area contributed by atoms with E-state index in [9.17, 15) is 4.79 Å². The van der Waals surface area contributed by atoms with Crippen molar-refractivity contribution < 1.29 is 9.21 Å². The third-order valence-electron chi connectivity index (χ3n) is 5.54. The van der Waals surface area contributed by atoms with E-state index in [-0.39, 0.29) is 11.2 Å². The summed E-state index contributed by atoms with van der Waals surface area (Å²) in [6.07, 6.45) is 7.11. The van der Waals surface area contributed by atoms with Gasteiger partial charge in [-0.1, -0.05) is 30.0 Å². The van der Waals surface area contributed by atoms with Crippen molar-refractivity contribution in [3.8, 4) is 11.4 Å². The Morgan fingerprint density at radius 2 is 2.06 bits per heavy atom. The molecule has 8 heteroatoms. The van der Waals surface area contributed by atoms with Crippen LogP contribution >= 0.6 is 11.8 Å². The Kier molecular flexibility index (Phi) is 5.77. The Labute approximate surface area is 190 Å². The molecular formula is C24H23N5O2S. The predicted octanol–water partition coefficient (Wildman–Crippen LogP) is 4.44. The summed E-state index contributed by atoms with van der Waals surface area (Å²) >= 11 is 1.42. The van der Waals surface area contributed by atoms with Crippen LogP contribution in [0, 0.1) is 0 Å². The molecule has 0 radical (unpaired) electrons. The van der Waals surface area contributed by atoms with Crippen molar-refractivity contribution in [3.63, 3.8) is 0 Å². The van der Waals surface area contributed by atoms with Gasteiger partial charge in [0.05, 0.1) is 18.1 Å². The summed E-state index contributed by atoms with van der Waals surface area (Å²) in [4.78, 5) is 19.5. The van der Waals surface area contributed by atoms with E-state index in [4.69, 9.17) is 4.42 Å². The number of thioether (sulfide) groups is 1. The third kappa shape index (κ3) is 4.05. The summed E-state index contributed by atoms with van der Waals surface area (Å²) in [7, 11) is 0. The molecule has 3 aromatic heterocycles. The minimum atomic E-state index is -0.317. The Morgan fingerprint density at radius 1 is 1.16 bits per heavy atom. The Hall–Kier alpha value is -3.39. The van der Waals surface area contributed by atoms with Gasteiger partial charge in [-0.2, -0.15) is 0 Å². The second-order valence-electron chi connectivity index (χ2n) is 7.70. The van der Waals surface area contributed by atoms with Crippen LogP contribution in [0.3, 0.4) is 0 Å². The number of hydrogen-bond donors (Lipinski definition) is 0. The number of rotatable bonds is 6. The van der Waals surface area contributed by atoms with E-state index in [1.54, 1.807) is 18.7 Å². The maximum Gasteiger partial charge on any atom is 0.240 e. The van der Waals surface area contributed by atoms with Gasteiger partial charge >= 0.3 is 0 Å². The SMILES string of the molecule is C[C@H](Sc1nnc(-c2cccnc2)n1Cc1ccco1)C(=O)N1CCCc2ccccc21. The number of amides is 1. The summed E-state index contributed by atoms with van der Waals surface area (Å²) < 4.78 is 7.54. The molecule has 0 fully saturated rings. The smallest absolute Gasteiger partial charge is 0.240 e. The third-order valence-corrected chi connectivity index (χ3v) is 6.60. The van der Waals surface area contributed by atoms with Gasteiger partial charge in [0.1, 0.15) is 5.76 Å². The molecule has 0 unspecified atom stereocenters. The zero-order valence-corrected chi connectivity index (χ0v) is 18.5. The van der Waals surface area contributed by atoms with Crippen molar-refractivity contribution in [2.45, 2.75) is 36.7 Å². The van der Waals surface area contributed by atoms with Crippen LogP contribution in [0.2, 0.25) is 0 Å². The molecule has 0 saturated carbocycles. The van der Waals surface area contributed by atoms with E-state index in [2.05, 4.69) is 21.2 Å². The highest BCUT2D eigenvalue weighted by Gasteiger charge is 2.28. The molecule has 1 atom stereocenters. The fourth-order valence-corrected chi connectivity index (χ4v) is 4.89. The van der Waals surface area contributed by atoms with E-state index >= 15 is 0 Å². The van der Waals surface area contributed by atoms with E-state index < -0.39 is 0 Å². The van der Waals surface area contributed by atoms with Crippen LogP contribution in [0.25, 0.3) is 11.4 Å². The predicted molar refractivity (Wildman–Crippen MR) is 123 cm³/mol. The molecule has 0 bridgehead atoms. The highest BCUT2D eigenvalue weighted by atomic mass is 32.2. The van der Waals surface area contributed by atoms with Gasteiger partial charge in [0.2, 0.25) is 5.91 Å². The van der Waals surface area contributed by atoms with Gasteiger partial charge in [-0.25, -0.2) is 0 Å². The first-order valence-electron chi connectivity index (χ1n) is 10.6. The normalized spacial score (nSPS) is 14.2. The van der Waals surface area contributed by atoms with Crippen LogP contribution in [-0.4, -0.2) is 37.5 Å². The lowest BCUT2D eigenvalue weighted by Gasteiger charge is -2.31. The molecule has 1 aromatic carbocycles. The maximum atomic E-state index is 13.4. The lowest BCUT2D eigenvalue weighted by Crippen LogP contribution is -2.40.